The number of anilines is 1. The molecule has 0 fully saturated rings. The van der Waals surface area contributed by atoms with E-state index >= 15 is 0 Å². The number of nitrogens with zero attached hydrogens (tertiary/aromatic N) is 1. The predicted molar refractivity (Wildman–Crippen MR) is 69.9 cm³/mol. The van der Waals surface area contributed by atoms with Crippen LogP contribution in [0, 0.1) is 17.0 Å². The summed E-state index contributed by atoms with van der Waals surface area (Å²) in [7, 11) is -0.872. The van der Waals surface area contributed by atoms with Gasteiger partial charge in [-0.25, -0.2) is 0 Å². The maximum absolute atomic E-state index is 11.2. The first-order valence-corrected chi connectivity index (χ1v) is 6.85. The third-order valence-corrected chi connectivity index (χ3v) is 3.85. The van der Waals surface area contributed by atoms with Crippen LogP contribution >= 0.6 is 0 Å². The van der Waals surface area contributed by atoms with Crippen molar-refractivity contribution in [2.24, 2.45) is 0 Å². The lowest BCUT2D eigenvalue weighted by Crippen LogP contribution is -2.20. The van der Waals surface area contributed by atoms with E-state index in [-0.39, 0.29) is 10.9 Å². The van der Waals surface area contributed by atoms with Crippen LogP contribution < -0.4 is 5.32 Å². The number of rotatable bonds is 5. The summed E-state index contributed by atoms with van der Waals surface area (Å²) >= 11 is 0. The zero-order chi connectivity index (χ0) is 13.0. The van der Waals surface area contributed by atoms with Gasteiger partial charge in [0, 0.05) is 46.2 Å². The minimum atomic E-state index is -0.872. The summed E-state index contributed by atoms with van der Waals surface area (Å²) in [4.78, 5) is 10.2. The zero-order valence-electron chi connectivity index (χ0n) is 10.1. The second-order valence-electron chi connectivity index (χ2n) is 3.95. The Bertz CT molecular complexity index is 448. The molecule has 0 amide bonds. The van der Waals surface area contributed by atoms with Crippen molar-refractivity contribution < 1.29 is 9.13 Å². The van der Waals surface area contributed by atoms with Crippen molar-refractivity contribution in [2.75, 3.05) is 18.1 Å². The second kappa shape index (κ2) is 5.77. The van der Waals surface area contributed by atoms with Gasteiger partial charge in [-0.15, -0.1) is 0 Å². The van der Waals surface area contributed by atoms with Crippen molar-refractivity contribution in [2.45, 2.75) is 19.1 Å². The quantitative estimate of drug-likeness (QED) is 0.646. The van der Waals surface area contributed by atoms with E-state index in [9.17, 15) is 14.3 Å². The van der Waals surface area contributed by atoms with Crippen molar-refractivity contribution in [3.05, 3.63) is 33.9 Å². The molecule has 1 N–H and O–H groups in total. The van der Waals surface area contributed by atoms with Gasteiger partial charge in [0.15, 0.2) is 0 Å². The highest BCUT2D eigenvalue weighted by molar-refractivity contribution is 7.84. The molecule has 17 heavy (non-hydrogen) atoms. The fourth-order valence-corrected chi connectivity index (χ4v) is 1.67. The molecule has 1 aromatic rings. The Kier molecular flexibility index (Phi) is 4.62. The molecule has 2 unspecified atom stereocenters. The fourth-order valence-electron chi connectivity index (χ4n) is 1.35. The molecule has 2 atom stereocenters. The van der Waals surface area contributed by atoms with Crippen LogP contribution in [0.3, 0.4) is 0 Å². The van der Waals surface area contributed by atoms with E-state index < -0.39 is 15.7 Å². The predicted octanol–water partition coefficient (Wildman–Crippen LogP) is 2.08. The molecule has 1 aromatic carbocycles. The number of hydrogen-bond donors (Lipinski definition) is 1. The van der Waals surface area contributed by atoms with Crippen LogP contribution in [0.2, 0.25) is 0 Å². The molecule has 0 aliphatic rings. The van der Waals surface area contributed by atoms with E-state index in [1.165, 1.54) is 6.07 Å². The fraction of sp³-hybridized carbons (Fsp3) is 0.455. The van der Waals surface area contributed by atoms with Crippen LogP contribution in [0.1, 0.15) is 12.5 Å². The van der Waals surface area contributed by atoms with E-state index in [4.69, 9.17) is 0 Å². The Morgan fingerprint density at radius 3 is 2.65 bits per heavy atom. The average Bonchev–Trinajstić information content (AvgIpc) is 2.25. The Hall–Kier alpha value is -1.43. The molecule has 0 aromatic heterocycles. The van der Waals surface area contributed by atoms with Crippen LogP contribution in [0.15, 0.2) is 18.2 Å². The van der Waals surface area contributed by atoms with Crippen molar-refractivity contribution in [3.8, 4) is 0 Å². The van der Waals surface area contributed by atoms with Gasteiger partial charge < -0.3 is 5.32 Å². The van der Waals surface area contributed by atoms with Crippen molar-refractivity contribution in [3.63, 3.8) is 0 Å². The van der Waals surface area contributed by atoms with Crippen LogP contribution in [0.5, 0.6) is 0 Å². The molecule has 1 rings (SSSR count). The third-order valence-electron chi connectivity index (χ3n) is 2.55. The van der Waals surface area contributed by atoms with Crippen LogP contribution in [0.4, 0.5) is 11.4 Å². The van der Waals surface area contributed by atoms with Crippen LogP contribution in [0.25, 0.3) is 0 Å². The largest absolute Gasteiger partial charge is 0.384 e. The summed E-state index contributed by atoms with van der Waals surface area (Å²) < 4.78 is 11.2. The van der Waals surface area contributed by atoms with Gasteiger partial charge in [0.25, 0.3) is 5.69 Å². The Morgan fingerprint density at radius 2 is 2.18 bits per heavy atom. The molecule has 0 aliphatic heterocycles. The lowest BCUT2D eigenvalue weighted by Gasteiger charge is -2.11. The van der Waals surface area contributed by atoms with Gasteiger partial charge in [-0.2, -0.15) is 0 Å². The molecule has 0 aliphatic carbocycles. The molecule has 0 saturated heterocycles. The van der Waals surface area contributed by atoms with Gasteiger partial charge in [-0.1, -0.05) is 0 Å². The summed E-state index contributed by atoms with van der Waals surface area (Å²) in [6.45, 7) is 4.17. The minimum Gasteiger partial charge on any atom is -0.384 e. The van der Waals surface area contributed by atoms with Gasteiger partial charge in [-0.3, -0.25) is 14.3 Å². The molecular weight excluding hydrogens is 240 g/mol. The van der Waals surface area contributed by atoms with Crippen LogP contribution in [-0.2, 0) is 10.8 Å². The van der Waals surface area contributed by atoms with Crippen molar-refractivity contribution in [1.29, 1.82) is 0 Å². The summed E-state index contributed by atoms with van der Waals surface area (Å²) in [6.07, 6.45) is 1.66. The monoisotopic (exact) mass is 256 g/mol. The molecule has 0 bridgehead atoms. The molecule has 0 heterocycles. The number of benzene rings is 1. The van der Waals surface area contributed by atoms with Crippen LogP contribution in [-0.4, -0.2) is 27.2 Å². The lowest BCUT2D eigenvalue weighted by atomic mass is 10.2. The Balaban J connectivity index is 2.71. The van der Waals surface area contributed by atoms with E-state index in [0.29, 0.717) is 12.1 Å². The van der Waals surface area contributed by atoms with Gasteiger partial charge in [-0.05, 0) is 26.0 Å². The third kappa shape index (κ3) is 3.81. The van der Waals surface area contributed by atoms with E-state index in [1.54, 1.807) is 25.3 Å². The van der Waals surface area contributed by atoms with E-state index in [0.717, 1.165) is 5.69 Å². The Morgan fingerprint density at radius 1 is 1.53 bits per heavy atom. The number of nitro groups is 1. The number of nitro benzene ring substituents is 1. The highest BCUT2D eigenvalue weighted by Gasteiger charge is 2.11. The standard InChI is InChI=1S/C11H16N2O3S/c1-8-6-10(4-5-11(8)13(14)15)12-7-9(2)17(3)16/h4-6,9,12H,7H2,1-3H3. The maximum atomic E-state index is 11.2. The molecule has 0 saturated carbocycles. The highest BCUT2D eigenvalue weighted by atomic mass is 32.2. The topological polar surface area (TPSA) is 72.2 Å². The number of aryl methyl sites for hydroxylation is 1. The normalized spacial score (nSPS) is 14.1. The SMILES string of the molecule is Cc1cc(NCC(C)S(C)=O)ccc1[N+](=O)[O-]. The molecular formula is C11H16N2O3S. The first kappa shape index (κ1) is 13.6. The molecule has 0 radical (unpaired) electrons. The summed E-state index contributed by atoms with van der Waals surface area (Å²) in [5.41, 5.74) is 1.54. The van der Waals surface area contributed by atoms with Gasteiger partial charge in [0.1, 0.15) is 0 Å². The highest BCUT2D eigenvalue weighted by Crippen LogP contribution is 2.21. The van der Waals surface area contributed by atoms with E-state index in [1.807, 2.05) is 6.92 Å². The lowest BCUT2D eigenvalue weighted by molar-refractivity contribution is -0.385. The molecule has 94 valence electrons. The summed E-state index contributed by atoms with van der Waals surface area (Å²) in [5.74, 6) is 0. The number of nitrogens with one attached hydrogen (secondary N) is 1. The average molecular weight is 256 g/mol. The van der Waals surface area contributed by atoms with Gasteiger partial charge >= 0.3 is 0 Å². The summed E-state index contributed by atoms with van der Waals surface area (Å²) in [6, 6.07) is 4.87. The minimum absolute atomic E-state index is 0.0468. The number of hydrogen-bond acceptors (Lipinski definition) is 4. The van der Waals surface area contributed by atoms with Gasteiger partial charge in [0.05, 0.1) is 4.92 Å². The first-order valence-electron chi connectivity index (χ1n) is 5.23. The second-order valence-corrected chi connectivity index (χ2v) is 5.75. The van der Waals surface area contributed by atoms with Crippen molar-refractivity contribution >= 4 is 22.2 Å². The Labute approximate surface area is 103 Å². The maximum Gasteiger partial charge on any atom is 0.272 e. The first-order chi connectivity index (χ1) is 7.91. The molecule has 0 spiro atoms. The zero-order valence-corrected chi connectivity index (χ0v) is 10.9. The molecule has 5 nitrogen and oxygen atoms in total. The van der Waals surface area contributed by atoms with Crippen molar-refractivity contribution in [1.82, 2.24) is 0 Å². The summed E-state index contributed by atoms with van der Waals surface area (Å²) in [5, 5.41) is 13.8. The van der Waals surface area contributed by atoms with E-state index in [2.05, 4.69) is 5.32 Å². The van der Waals surface area contributed by atoms with Gasteiger partial charge in [0.2, 0.25) is 0 Å². The molecule has 6 heteroatoms. The smallest absolute Gasteiger partial charge is 0.272 e.